The normalized spacial score (nSPS) is 13.3. The van der Waals surface area contributed by atoms with Crippen molar-refractivity contribution in [3.63, 3.8) is 0 Å². The zero-order valence-electron chi connectivity index (χ0n) is 11.8. The van der Waals surface area contributed by atoms with Gasteiger partial charge in [-0.2, -0.15) is 0 Å². The standard InChI is InChI=1S/C15H33N/c1-4-7-10-13-15(16)14(11-8-5-2)12-9-6-3/h14-15H,4-13,16H2,1-3H3. The summed E-state index contributed by atoms with van der Waals surface area (Å²) < 4.78 is 0. The molecule has 0 saturated carbocycles. The highest BCUT2D eigenvalue weighted by Crippen LogP contribution is 2.22. The maximum atomic E-state index is 6.34. The average molecular weight is 227 g/mol. The molecular formula is C15H33N. The van der Waals surface area contributed by atoms with E-state index in [0.29, 0.717) is 6.04 Å². The molecule has 0 radical (unpaired) electrons. The minimum Gasteiger partial charge on any atom is -0.327 e. The molecule has 0 aliphatic rings. The molecule has 0 heterocycles. The molecule has 16 heavy (non-hydrogen) atoms. The van der Waals surface area contributed by atoms with Crippen molar-refractivity contribution in [1.29, 1.82) is 0 Å². The number of unbranched alkanes of at least 4 members (excludes halogenated alkanes) is 4. The van der Waals surface area contributed by atoms with Gasteiger partial charge in [-0.1, -0.05) is 65.7 Å². The lowest BCUT2D eigenvalue weighted by Gasteiger charge is -2.23. The van der Waals surface area contributed by atoms with Crippen molar-refractivity contribution in [2.24, 2.45) is 11.7 Å². The molecule has 0 fully saturated rings. The van der Waals surface area contributed by atoms with Crippen molar-refractivity contribution in [3.8, 4) is 0 Å². The fourth-order valence-corrected chi connectivity index (χ4v) is 2.37. The van der Waals surface area contributed by atoms with E-state index in [1.54, 1.807) is 0 Å². The lowest BCUT2D eigenvalue weighted by atomic mass is 9.87. The van der Waals surface area contributed by atoms with E-state index in [-0.39, 0.29) is 0 Å². The maximum Gasteiger partial charge on any atom is 0.00671 e. The Kier molecular flexibility index (Phi) is 11.4. The molecule has 0 amide bonds. The molecule has 1 heteroatoms. The highest BCUT2D eigenvalue weighted by molar-refractivity contribution is 4.73. The van der Waals surface area contributed by atoms with Crippen LogP contribution in [0.5, 0.6) is 0 Å². The van der Waals surface area contributed by atoms with Crippen LogP contribution in [0, 0.1) is 5.92 Å². The third-order valence-corrected chi connectivity index (χ3v) is 3.60. The van der Waals surface area contributed by atoms with Gasteiger partial charge in [-0.3, -0.25) is 0 Å². The number of hydrogen-bond acceptors (Lipinski definition) is 1. The van der Waals surface area contributed by atoms with Gasteiger partial charge in [0.25, 0.3) is 0 Å². The second-order valence-corrected chi connectivity index (χ2v) is 5.20. The van der Waals surface area contributed by atoms with Gasteiger partial charge in [-0.15, -0.1) is 0 Å². The van der Waals surface area contributed by atoms with Crippen molar-refractivity contribution in [3.05, 3.63) is 0 Å². The second kappa shape index (κ2) is 11.4. The topological polar surface area (TPSA) is 26.0 Å². The Labute approximate surface area is 103 Å². The van der Waals surface area contributed by atoms with Crippen LogP contribution < -0.4 is 5.73 Å². The second-order valence-electron chi connectivity index (χ2n) is 5.20. The Bertz CT molecular complexity index is 125. The van der Waals surface area contributed by atoms with Gasteiger partial charge in [0.1, 0.15) is 0 Å². The van der Waals surface area contributed by atoms with Crippen LogP contribution in [-0.4, -0.2) is 6.04 Å². The predicted molar refractivity (Wildman–Crippen MR) is 74.7 cm³/mol. The first-order valence-electron chi connectivity index (χ1n) is 7.51. The molecule has 1 unspecified atom stereocenters. The zero-order valence-corrected chi connectivity index (χ0v) is 11.8. The van der Waals surface area contributed by atoms with Gasteiger partial charge in [0.15, 0.2) is 0 Å². The zero-order chi connectivity index (χ0) is 12.2. The monoisotopic (exact) mass is 227 g/mol. The van der Waals surface area contributed by atoms with Crippen molar-refractivity contribution in [2.75, 3.05) is 0 Å². The van der Waals surface area contributed by atoms with E-state index >= 15 is 0 Å². The van der Waals surface area contributed by atoms with Crippen LogP contribution in [0.2, 0.25) is 0 Å². The van der Waals surface area contributed by atoms with Crippen molar-refractivity contribution < 1.29 is 0 Å². The Morgan fingerprint density at radius 1 is 0.688 bits per heavy atom. The average Bonchev–Trinajstić information content (AvgIpc) is 2.29. The van der Waals surface area contributed by atoms with Crippen LogP contribution in [0.4, 0.5) is 0 Å². The predicted octanol–water partition coefficient (Wildman–Crippen LogP) is 4.89. The highest BCUT2D eigenvalue weighted by atomic mass is 14.6. The molecule has 0 saturated heterocycles. The van der Waals surface area contributed by atoms with Gasteiger partial charge in [-0.05, 0) is 25.2 Å². The van der Waals surface area contributed by atoms with Gasteiger partial charge in [0.05, 0.1) is 0 Å². The van der Waals surface area contributed by atoms with Crippen LogP contribution >= 0.6 is 0 Å². The van der Waals surface area contributed by atoms with Gasteiger partial charge < -0.3 is 5.73 Å². The minimum absolute atomic E-state index is 0.463. The fourth-order valence-electron chi connectivity index (χ4n) is 2.37. The molecule has 0 spiro atoms. The lowest BCUT2D eigenvalue weighted by molar-refractivity contribution is 0.329. The summed E-state index contributed by atoms with van der Waals surface area (Å²) in [5, 5.41) is 0. The van der Waals surface area contributed by atoms with E-state index in [9.17, 15) is 0 Å². The molecule has 0 rings (SSSR count). The van der Waals surface area contributed by atoms with Crippen LogP contribution in [-0.2, 0) is 0 Å². The number of hydrogen-bond donors (Lipinski definition) is 1. The van der Waals surface area contributed by atoms with Gasteiger partial charge in [0.2, 0.25) is 0 Å². The molecule has 98 valence electrons. The summed E-state index contributed by atoms with van der Waals surface area (Å²) >= 11 is 0. The maximum absolute atomic E-state index is 6.34. The molecular weight excluding hydrogens is 194 g/mol. The molecule has 0 aromatic carbocycles. The summed E-state index contributed by atoms with van der Waals surface area (Å²) in [5.41, 5.74) is 6.34. The molecule has 0 aliphatic carbocycles. The van der Waals surface area contributed by atoms with Crippen molar-refractivity contribution >= 4 is 0 Å². The van der Waals surface area contributed by atoms with E-state index in [1.807, 2.05) is 0 Å². The number of nitrogens with two attached hydrogens (primary N) is 1. The molecule has 0 aromatic heterocycles. The Morgan fingerprint density at radius 2 is 1.19 bits per heavy atom. The Morgan fingerprint density at radius 3 is 1.62 bits per heavy atom. The van der Waals surface area contributed by atoms with Gasteiger partial charge >= 0.3 is 0 Å². The van der Waals surface area contributed by atoms with E-state index < -0.39 is 0 Å². The molecule has 2 N–H and O–H groups in total. The molecule has 1 atom stereocenters. The summed E-state index contributed by atoms with van der Waals surface area (Å²) in [6.07, 6.45) is 13.3. The van der Waals surface area contributed by atoms with Gasteiger partial charge in [-0.25, -0.2) is 0 Å². The third-order valence-electron chi connectivity index (χ3n) is 3.60. The van der Waals surface area contributed by atoms with Crippen LogP contribution in [0.3, 0.4) is 0 Å². The summed E-state index contributed by atoms with van der Waals surface area (Å²) in [6.45, 7) is 6.82. The van der Waals surface area contributed by atoms with E-state index in [2.05, 4.69) is 20.8 Å². The Hall–Kier alpha value is -0.0400. The first-order valence-corrected chi connectivity index (χ1v) is 7.51. The van der Waals surface area contributed by atoms with Crippen LogP contribution in [0.1, 0.15) is 85.0 Å². The van der Waals surface area contributed by atoms with E-state index in [4.69, 9.17) is 5.73 Å². The minimum atomic E-state index is 0.463. The lowest BCUT2D eigenvalue weighted by Crippen LogP contribution is -2.30. The quantitative estimate of drug-likeness (QED) is 0.500. The first kappa shape index (κ1) is 16.0. The summed E-state index contributed by atoms with van der Waals surface area (Å²) in [6, 6.07) is 0.463. The smallest absolute Gasteiger partial charge is 0.00671 e. The first-order chi connectivity index (χ1) is 7.76. The third kappa shape index (κ3) is 8.15. The number of rotatable bonds is 11. The summed E-state index contributed by atoms with van der Waals surface area (Å²) in [4.78, 5) is 0. The SMILES string of the molecule is CCCCCC(N)C(CCCC)CCCC. The van der Waals surface area contributed by atoms with E-state index in [0.717, 1.165) is 5.92 Å². The Balaban J connectivity index is 3.83. The highest BCUT2D eigenvalue weighted by Gasteiger charge is 2.16. The van der Waals surface area contributed by atoms with Crippen molar-refractivity contribution in [2.45, 2.75) is 91.0 Å². The fraction of sp³-hybridized carbons (Fsp3) is 1.00. The molecule has 1 nitrogen and oxygen atoms in total. The van der Waals surface area contributed by atoms with Crippen molar-refractivity contribution in [1.82, 2.24) is 0 Å². The van der Waals surface area contributed by atoms with E-state index in [1.165, 1.54) is 64.2 Å². The molecule has 0 bridgehead atoms. The summed E-state index contributed by atoms with van der Waals surface area (Å²) in [7, 11) is 0. The summed E-state index contributed by atoms with van der Waals surface area (Å²) in [5.74, 6) is 0.789. The van der Waals surface area contributed by atoms with Crippen LogP contribution in [0.25, 0.3) is 0 Å². The van der Waals surface area contributed by atoms with Crippen LogP contribution in [0.15, 0.2) is 0 Å². The molecule has 0 aromatic rings. The largest absolute Gasteiger partial charge is 0.327 e. The molecule has 0 aliphatic heterocycles. The van der Waals surface area contributed by atoms with Gasteiger partial charge in [0, 0.05) is 6.04 Å².